The molecular formula is C14H15NO4. The zero-order chi connectivity index (χ0) is 13.8. The molecule has 19 heavy (non-hydrogen) atoms. The SMILES string of the molecule is C[C@@H](CNC(=O)c1coc2ccccc12)CC(=O)O. The van der Waals surface area contributed by atoms with Gasteiger partial charge in [0.15, 0.2) is 0 Å². The first kappa shape index (κ1) is 13.1. The van der Waals surface area contributed by atoms with Crippen LogP contribution in [-0.4, -0.2) is 23.5 Å². The number of carboxylic acid groups (broad SMARTS) is 1. The van der Waals surface area contributed by atoms with E-state index < -0.39 is 5.97 Å². The van der Waals surface area contributed by atoms with Gasteiger partial charge in [-0.15, -0.1) is 0 Å². The molecule has 0 aliphatic carbocycles. The molecule has 1 heterocycles. The number of rotatable bonds is 5. The fraction of sp³-hybridized carbons (Fsp3) is 0.286. The number of fused-ring (bicyclic) bond motifs is 1. The summed E-state index contributed by atoms with van der Waals surface area (Å²) < 4.78 is 5.29. The summed E-state index contributed by atoms with van der Waals surface area (Å²) in [7, 11) is 0. The molecule has 0 saturated carbocycles. The topological polar surface area (TPSA) is 79.5 Å². The fourth-order valence-corrected chi connectivity index (χ4v) is 1.89. The van der Waals surface area contributed by atoms with Crippen molar-refractivity contribution in [1.29, 1.82) is 0 Å². The van der Waals surface area contributed by atoms with Crippen molar-refractivity contribution in [2.45, 2.75) is 13.3 Å². The lowest BCUT2D eigenvalue weighted by Crippen LogP contribution is -2.29. The molecule has 0 aliphatic rings. The summed E-state index contributed by atoms with van der Waals surface area (Å²) in [5.74, 6) is -1.22. The first-order valence-corrected chi connectivity index (χ1v) is 6.04. The number of carbonyl (C=O) groups excluding carboxylic acids is 1. The summed E-state index contributed by atoms with van der Waals surface area (Å²) in [6, 6.07) is 7.28. The molecule has 0 radical (unpaired) electrons. The van der Waals surface area contributed by atoms with Gasteiger partial charge in [0.05, 0.1) is 5.56 Å². The molecule has 100 valence electrons. The smallest absolute Gasteiger partial charge is 0.303 e. The lowest BCUT2D eigenvalue weighted by molar-refractivity contribution is -0.137. The summed E-state index contributed by atoms with van der Waals surface area (Å²) in [6.07, 6.45) is 1.45. The maximum atomic E-state index is 12.0. The number of hydrogen-bond acceptors (Lipinski definition) is 3. The Bertz CT molecular complexity index is 602. The van der Waals surface area contributed by atoms with Crippen LogP contribution in [0.4, 0.5) is 0 Å². The van der Waals surface area contributed by atoms with Crippen molar-refractivity contribution in [3.63, 3.8) is 0 Å². The molecule has 0 spiro atoms. The maximum Gasteiger partial charge on any atom is 0.303 e. The third-order valence-electron chi connectivity index (χ3n) is 2.86. The van der Waals surface area contributed by atoms with Gasteiger partial charge in [-0.2, -0.15) is 0 Å². The highest BCUT2D eigenvalue weighted by Crippen LogP contribution is 2.20. The number of aliphatic carboxylic acids is 1. The largest absolute Gasteiger partial charge is 0.481 e. The molecule has 5 heteroatoms. The molecule has 0 aliphatic heterocycles. The molecule has 1 amide bonds. The highest BCUT2D eigenvalue weighted by Gasteiger charge is 2.14. The predicted octanol–water partition coefficient (Wildman–Crippen LogP) is 2.27. The van der Waals surface area contributed by atoms with Gasteiger partial charge >= 0.3 is 5.97 Å². The Balaban J connectivity index is 2.02. The standard InChI is InChI=1S/C14H15NO4/c1-9(6-13(16)17)7-15-14(18)11-8-19-12-5-3-2-4-10(11)12/h2-5,8-9H,6-7H2,1H3,(H,15,18)(H,16,17)/t9-/m1/s1. The second-order valence-corrected chi connectivity index (χ2v) is 4.56. The van der Waals surface area contributed by atoms with E-state index in [0.717, 1.165) is 5.39 Å². The highest BCUT2D eigenvalue weighted by atomic mass is 16.4. The lowest BCUT2D eigenvalue weighted by Gasteiger charge is -2.09. The Morgan fingerprint density at radius 1 is 1.37 bits per heavy atom. The summed E-state index contributed by atoms with van der Waals surface area (Å²) in [5, 5.41) is 12.1. The number of furan rings is 1. The number of carbonyl (C=O) groups is 2. The zero-order valence-electron chi connectivity index (χ0n) is 10.6. The van der Waals surface area contributed by atoms with Crippen LogP contribution in [0.2, 0.25) is 0 Å². The number of para-hydroxylation sites is 1. The van der Waals surface area contributed by atoms with Gasteiger partial charge in [0.1, 0.15) is 11.8 Å². The highest BCUT2D eigenvalue weighted by molar-refractivity contribution is 6.05. The first-order chi connectivity index (χ1) is 9.08. The Morgan fingerprint density at radius 3 is 2.84 bits per heavy atom. The van der Waals surface area contributed by atoms with E-state index in [9.17, 15) is 9.59 Å². The van der Waals surface area contributed by atoms with Crippen LogP contribution >= 0.6 is 0 Å². The van der Waals surface area contributed by atoms with Crippen LogP contribution in [0.1, 0.15) is 23.7 Å². The van der Waals surface area contributed by atoms with Crippen molar-refractivity contribution in [3.05, 3.63) is 36.1 Å². The minimum Gasteiger partial charge on any atom is -0.481 e. The number of benzene rings is 1. The van der Waals surface area contributed by atoms with Gasteiger partial charge in [-0.25, -0.2) is 0 Å². The molecule has 1 aromatic carbocycles. The van der Waals surface area contributed by atoms with Gasteiger partial charge in [0, 0.05) is 18.4 Å². The van der Waals surface area contributed by atoms with Crippen LogP contribution < -0.4 is 5.32 Å². The van der Waals surface area contributed by atoms with Crippen molar-refractivity contribution in [2.24, 2.45) is 5.92 Å². The number of amides is 1. The third kappa shape index (κ3) is 3.13. The summed E-state index contributed by atoms with van der Waals surface area (Å²) >= 11 is 0. The van der Waals surface area contributed by atoms with Crippen molar-refractivity contribution in [3.8, 4) is 0 Å². The lowest BCUT2D eigenvalue weighted by atomic mass is 10.1. The van der Waals surface area contributed by atoms with E-state index in [2.05, 4.69) is 5.32 Å². The van der Waals surface area contributed by atoms with Crippen LogP contribution in [0.3, 0.4) is 0 Å². The molecule has 0 fully saturated rings. The minimum absolute atomic E-state index is 0.0341. The first-order valence-electron chi connectivity index (χ1n) is 6.04. The van der Waals surface area contributed by atoms with Crippen LogP contribution in [0.25, 0.3) is 11.0 Å². The molecule has 0 unspecified atom stereocenters. The third-order valence-corrected chi connectivity index (χ3v) is 2.86. The molecule has 1 atom stereocenters. The van der Waals surface area contributed by atoms with E-state index in [1.54, 1.807) is 13.0 Å². The summed E-state index contributed by atoms with van der Waals surface area (Å²) in [4.78, 5) is 22.5. The van der Waals surface area contributed by atoms with Gasteiger partial charge < -0.3 is 14.8 Å². The zero-order valence-corrected chi connectivity index (χ0v) is 10.6. The Morgan fingerprint density at radius 2 is 2.11 bits per heavy atom. The number of carboxylic acids is 1. The quantitative estimate of drug-likeness (QED) is 0.865. The van der Waals surface area contributed by atoms with Crippen molar-refractivity contribution < 1.29 is 19.1 Å². The molecule has 5 nitrogen and oxygen atoms in total. The van der Waals surface area contributed by atoms with Crippen LogP contribution in [0.15, 0.2) is 34.9 Å². The average Bonchev–Trinajstić information content (AvgIpc) is 2.79. The maximum absolute atomic E-state index is 12.0. The van der Waals surface area contributed by atoms with E-state index in [0.29, 0.717) is 17.7 Å². The summed E-state index contributed by atoms with van der Waals surface area (Å²) in [5.41, 5.74) is 1.13. The van der Waals surface area contributed by atoms with Gasteiger partial charge in [-0.1, -0.05) is 25.1 Å². The van der Waals surface area contributed by atoms with Gasteiger partial charge in [-0.3, -0.25) is 9.59 Å². The Hall–Kier alpha value is -2.30. The molecule has 2 N–H and O–H groups in total. The predicted molar refractivity (Wildman–Crippen MR) is 70.0 cm³/mol. The molecular weight excluding hydrogens is 246 g/mol. The van der Waals surface area contributed by atoms with Gasteiger partial charge in [0.2, 0.25) is 0 Å². The molecule has 1 aromatic heterocycles. The minimum atomic E-state index is -0.865. The van der Waals surface area contributed by atoms with Gasteiger partial charge in [-0.05, 0) is 12.0 Å². The Kier molecular flexibility index (Phi) is 3.85. The number of hydrogen-bond donors (Lipinski definition) is 2. The van der Waals surface area contributed by atoms with E-state index in [-0.39, 0.29) is 18.2 Å². The second kappa shape index (κ2) is 5.56. The molecule has 2 rings (SSSR count). The normalized spacial score (nSPS) is 12.3. The van der Waals surface area contributed by atoms with Crippen molar-refractivity contribution >= 4 is 22.8 Å². The molecule has 0 saturated heterocycles. The van der Waals surface area contributed by atoms with E-state index >= 15 is 0 Å². The second-order valence-electron chi connectivity index (χ2n) is 4.56. The van der Waals surface area contributed by atoms with E-state index in [4.69, 9.17) is 9.52 Å². The van der Waals surface area contributed by atoms with Gasteiger partial charge in [0.25, 0.3) is 5.91 Å². The number of nitrogens with one attached hydrogen (secondary N) is 1. The fourth-order valence-electron chi connectivity index (χ4n) is 1.89. The summed E-state index contributed by atoms with van der Waals surface area (Å²) in [6.45, 7) is 2.10. The molecule has 0 bridgehead atoms. The van der Waals surface area contributed by atoms with E-state index in [1.807, 2.05) is 18.2 Å². The monoisotopic (exact) mass is 261 g/mol. The Labute approximate surface area is 110 Å². The van der Waals surface area contributed by atoms with Crippen LogP contribution in [0, 0.1) is 5.92 Å². The van der Waals surface area contributed by atoms with Crippen molar-refractivity contribution in [1.82, 2.24) is 5.32 Å². The van der Waals surface area contributed by atoms with Crippen molar-refractivity contribution in [2.75, 3.05) is 6.54 Å². The average molecular weight is 261 g/mol. The van der Waals surface area contributed by atoms with E-state index in [1.165, 1.54) is 6.26 Å². The van der Waals surface area contributed by atoms with Crippen LogP contribution in [-0.2, 0) is 4.79 Å². The molecule has 2 aromatic rings. The van der Waals surface area contributed by atoms with Crippen LogP contribution in [0.5, 0.6) is 0 Å².